The minimum atomic E-state index is -0.727. The van der Waals surface area contributed by atoms with Gasteiger partial charge in [-0.15, -0.1) is 0 Å². The Labute approximate surface area is 158 Å². The Morgan fingerprint density at radius 1 is 0.852 bits per heavy atom. The summed E-state index contributed by atoms with van der Waals surface area (Å²) < 4.78 is 29.1. The number of rotatable bonds is 6. The van der Waals surface area contributed by atoms with Crippen LogP contribution in [0.25, 0.3) is 22.3 Å². The van der Waals surface area contributed by atoms with E-state index in [1.807, 2.05) is 24.3 Å². The summed E-state index contributed by atoms with van der Waals surface area (Å²) in [5.74, 6) is -1.45. The largest absolute Gasteiger partial charge is 0.206 e. The zero-order valence-corrected chi connectivity index (χ0v) is 15.3. The van der Waals surface area contributed by atoms with Crippen LogP contribution in [0.4, 0.5) is 8.78 Å². The van der Waals surface area contributed by atoms with E-state index in [9.17, 15) is 8.78 Å². The van der Waals surface area contributed by atoms with Gasteiger partial charge in [-0.3, -0.25) is 0 Å². The Hall–Kier alpha value is -2.99. The minimum Gasteiger partial charge on any atom is -0.206 e. The SMILES string of the molecule is CCCCCc1ccc(-c2ccccc2-c2c(F)cc(C#N)cc2F)cc1. The molecule has 1 nitrogen and oxygen atoms in total. The molecule has 0 aliphatic rings. The molecule has 0 aromatic heterocycles. The molecule has 0 atom stereocenters. The first kappa shape index (κ1) is 18.8. The number of benzene rings is 3. The Morgan fingerprint density at radius 2 is 1.48 bits per heavy atom. The molecular weight excluding hydrogens is 340 g/mol. The zero-order valence-electron chi connectivity index (χ0n) is 15.3. The van der Waals surface area contributed by atoms with Crippen molar-refractivity contribution in [2.45, 2.75) is 32.6 Å². The maximum Gasteiger partial charge on any atom is 0.135 e. The Kier molecular flexibility index (Phi) is 5.98. The molecule has 0 aliphatic heterocycles. The van der Waals surface area contributed by atoms with Gasteiger partial charge in [-0.1, -0.05) is 68.3 Å². The van der Waals surface area contributed by atoms with Crippen LogP contribution in [0, 0.1) is 23.0 Å². The third-order valence-corrected chi connectivity index (χ3v) is 4.70. The summed E-state index contributed by atoms with van der Waals surface area (Å²) in [6.45, 7) is 2.18. The number of nitriles is 1. The van der Waals surface area contributed by atoms with E-state index in [4.69, 9.17) is 5.26 Å². The van der Waals surface area contributed by atoms with Crippen LogP contribution in [0.3, 0.4) is 0 Å². The summed E-state index contributed by atoms with van der Waals surface area (Å²) >= 11 is 0. The summed E-state index contributed by atoms with van der Waals surface area (Å²) in [7, 11) is 0. The molecule has 136 valence electrons. The van der Waals surface area contributed by atoms with E-state index in [1.165, 1.54) is 18.4 Å². The average molecular weight is 361 g/mol. The maximum absolute atomic E-state index is 14.5. The third-order valence-electron chi connectivity index (χ3n) is 4.70. The topological polar surface area (TPSA) is 23.8 Å². The molecule has 0 saturated heterocycles. The lowest BCUT2D eigenvalue weighted by Gasteiger charge is -2.13. The van der Waals surface area contributed by atoms with Crippen molar-refractivity contribution in [2.75, 3.05) is 0 Å². The number of unbranched alkanes of at least 4 members (excludes halogenated alkanes) is 2. The molecule has 0 aliphatic carbocycles. The first-order valence-electron chi connectivity index (χ1n) is 9.22. The molecule has 0 spiro atoms. The van der Waals surface area contributed by atoms with Gasteiger partial charge in [0.1, 0.15) is 11.6 Å². The van der Waals surface area contributed by atoms with Crippen molar-refractivity contribution in [2.24, 2.45) is 0 Å². The summed E-state index contributed by atoms with van der Waals surface area (Å²) in [4.78, 5) is 0. The van der Waals surface area contributed by atoms with E-state index < -0.39 is 11.6 Å². The van der Waals surface area contributed by atoms with Crippen LogP contribution in [0.5, 0.6) is 0 Å². The van der Waals surface area contributed by atoms with Crippen molar-refractivity contribution in [3.63, 3.8) is 0 Å². The molecule has 3 rings (SSSR count). The molecule has 3 aromatic carbocycles. The molecule has 3 heteroatoms. The van der Waals surface area contributed by atoms with Gasteiger partial charge in [0.2, 0.25) is 0 Å². The predicted octanol–water partition coefficient (Wildman–Crippen LogP) is 6.90. The highest BCUT2D eigenvalue weighted by Gasteiger charge is 2.17. The Bertz CT molecular complexity index is 945. The molecule has 3 aromatic rings. The second-order valence-electron chi connectivity index (χ2n) is 6.63. The molecular formula is C24H21F2N. The smallest absolute Gasteiger partial charge is 0.135 e. The maximum atomic E-state index is 14.5. The minimum absolute atomic E-state index is 0.0253. The molecule has 0 heterocycles. The lowest BCUT2D eigenvalue weighted by molar-refractivity contribution is 0.589. The van der Waals surface area contributed by atoms with Crippen LogP contribution in [0.2, 0.25) is 0 Å². The predicted molar refractivity (Wildman–Crippen MR) is 105 cm³/mol. The highest BCUT2D eigenvalue weighted by Crippen LogP contribution is 2.35. The van der Waals surface area contributed by atoms with E-state index >= 15 is 0 Å². The summed E-state index contributed by atoms with van der Waals surface area (Å²) in [6.07, 6.45) is 4.59. The highest BCUT2D eigenvalue weighted by molar-refractivity contribution is 5.84. The van der Waals surface area contributed by atoms with Gasteiger partial charge in [-0.05, 0) is 47.2 Å². The highest BCUT2D eigenvalue weighted by atomic mass is 19.1. The van der Waals surface area contributed by atoms with Crippen molar-refractivity contribution in [1.82, 2.24) is 0 Å². The number of hydrogen-bond donors (Lipinski definition) is 0. The monoisotopic (exact) mass is 361 g/mol. The molecule has 0 N–H and O–H groups in total. The number of nitrogens with zero attached hydrogens (tertiary/aromatic N) is 1. The quantitative estimate of drug-likeness (QED) is 0.438. The van der Waals surface area contributed by atoms with Crippen molar-refractivity contribution in [3.05, 3.63) is 83.4 Å². The van der Waals surface area contributed by atoms with Gasteiger partial charge in [0, 0.05) is 0 Å². The van der Waals surface area contributed by atoms with Crippen molar-refractivity contribution < 1.29 is 8.78 Å². The normalized spacial score (nSPS) is 10.6. The third kappa shape index (κ3) is 4.23. The summed E-state index contributed by atoms with van der Waals surface area (Å²) in [6, 6.07) is 19.3. The van der Waals surface area contributed by atoms with Gasteiger partial charge < -0.3 is 0 Å². The van der Waals surface area contributed by atoms with Crippen molar-refractivity contribution in [1.29, 1.82) is 5.26 Å². The van der Waals surface area contributed by atoms with Gasteiger partial charge in [0.25, 0.3) is 0 Å². The molecule has 27 heavy (non-hydrogen) atoms. The van der Waals surface area contributed by atoms with Crippen molar-refractivity contribution >= 4 is 0 Å². The lowest BCUT2D eigenvalue weighted by Crippen LogP contribution is -1.95. The standard InChI is InChI=1S/C24H21F2N/c1-2-3-4-7-17-10-12-19(13-11-17)20-8-5-6-9-21(20)24-22(25)14-18(16-27)15-23(24)26/h5-6,8-15H,2-4,7H2,1H3. The van der Waals surface area contributed by atoms with Crippen LogP contribution in [-0.2, 0) is 6.42 Å². The molecule has 0 unspecified atom stereocenters. The molecule has 0 bridgehead atoms. The van der Waals surface area contributed by atoms with E-state index in [2.05, 4.69) is 19.1 Å². The molecule has 0 fully saturated rings. The number of halogens is 2. The van der Waals surface area contributed by atoms with Gasteiger partial charge in [-0.2, -0.15) is 5.26 Å². The van der Waals surface area contributed by atoms with Gasteiger partial charge in [0.05, 0.1) is 17.2 Å². The van der Waals surface area contributed by atoms with E-state index in [0.717, 1.165) is 36.1 Å². The fourth-order valence-electron chi connectivity index (χ4n) is 3.28. The van der Waals surface area contributed by atoms with Gasteiger partial charge in [0.15, 0.2) is 0 Å². The van der Waals surface area contributed by atoms with Crippen LogP contribution in [-0.4, -0.2) is 0 Å². The van der Waals surface area contributed by atoms with E-state index in [-0.39, 0.29) is 11.1 Å². The zero-order chi connectivity index (χ0) is 19.2. The van der Waals surface area contributed by atoms with Crippen LogP contribution < -0.4 is 0 Å². The average Bonchev–Trinajstić information content (AvgIpc) is 2.68. The first-order valence-corrected chi connectivity index (χ1v) is 9.22. The summed E-state index contributed by atoms with van der Waals surface area (Å²) in [5, 5.41) is 8.90. The molecule has 0 amide bonds. The van der Waals surface area contributed by atoms with Crippen LogP contribution in [0.1, 0.15) is 37.3 Å². The fraction of sp³-hybridized carbons (Fsp3) is 0.208. The van der Waals surface area contributed by atoms with Gasteiger partial charge >= 0.3 is 0 Å². The number of aryl methyl sites for hydroxylation is 1. The Morgan fingerprint density at radius 3 is 2.07 bits per heavy atom. The van der Waals surface area contributed by atoms with Gasteiger partial charge in [-0.25, -0.2) is 8.78 Å². The van der Waals surface area contributed by atoms with Crippen LogP contribution in [0.15, 0.2) is 60.7 Å². The number of hydrogen-bond acceptors (Lipinski definition) is 1. The van der Waals surface area contributed by atoms with E-state index in [0.29, 0.717) is 5.56 Å². The lowest BCUT2D eigenvalue weighted by atomic mass is 9.92. The summed E-state index contributed by atoms with van der Waals surface area (Å²) in [5.41, 5.74) is 3.29. The fourth-order valence-corrected chi connectivity index (χ4v) is 3.28. The van der Waals surface area contributed by atoms with Crippen molar-refractivity contribution in [3.8, 4) is 28.3 Å². The van der Waals surface area contributed by atoms with E-state index in [1.54, 1.807) is 18.2 Å². The van der Waals surface area contributed by atoms with Crippen LogP contribution >= 0.6 is 0 Å². The second kappa shape index (κ2) is 8.60. The molecule has 0 radical (unpaired) electrons. The first-order chi connectivity index (χ1) is 13.1. The second-order valence-corrected chi connectivity index (χ2v) is 6.63. The molecule has 0 saturated carbocycles. The Balaban J connectivity index is 1.99.